The van der Waals surface area contributed by atoms with Crippen LogP contribution in [0.25, 0.3) is 0 Å². The van der Waals surface area contributed by atoms with Crippen LogP contribution in [0.5, 0.6) is 5.75 Å². The van der Waals surface area contributed by atoms with E-state index in [0.717, 1.165) is 0 Å². The lowest BCUT2D eigenvalue weighted by molar-refractivity contribution is -0.386. The molecule has 0 saturated carbocycles. The normalized spacial score (nSPS) is 10.7. The molecule has 0 atom stereocenters. The van der Waals surface area contributed by atoms with E-state index in [0.29, 0.717) is 22.0 Å². The summed E-state index contributed by atoms with van der Waals surface area (Å²) in [5.41, 5.74) is 7.38. The number of nitro benzene ring substituents is 1. The van der Waals surface area contributed by atoms with Crippen molar-refractivity contribution in [2.75, 3.05) is 0 Å². The van der Waals surface area contributed by atoms with Crippen LogP contribution in [0, 0.1) is 17.0 Å². The number of nitro groups is 1. The molecule has 0 bridgehead atoms. The molecule has 2 N–H and O–H groups in total. The number of nitrogens with zero attached hydrogens (tertiary/aromatic N) is 3. The molecule has 0 radical (unpaired) electrons. The number of hydrogen-bond acceptors (Lipinski definition) is 5. The van der Waals surface area contributed by atoms with Gasteiger partial charge in [0.25, 0.3) is 0 Å². The zero-order valence-electron chi connectivity index (χ0n) is 11.7. The molecule has 21 heavy (non-hydrogen) atoms. The third-order valence-electron chi connectivity index (χ3n) is 3.08. The molecule has 0 aliphatic carbocycles. The maximum absolute atomic E-state index is 11.1. The van der Waals surface area contributed by atoms with Gasteiger partial charge in [0.2, 0.25) is 0 Å². The van der Waals surface area contributed by atoms with E-state index in [2.05, 4.69) is 5.10 Å². The molecule has 0 spiro atoms. The highest BCUT2D eigenvalue weighted by atomic mass is 35.5. The minimum Gasteiger partial charge on any atom is -0.480 e. The fourth-order valence-electron chi connectivity index (χ4n) is 1.94. The number of hydrogen-bond donors (Lipinski definition) is 1. The van der Waals surface area contributed by atoms with Crippen LogP contribution in [0.2, 0.25) is 5.02 Å². The minimum atomic E-state index is -0.495. The Hall–Kier alpha value is -2.12. The third kappa shape index (κ3) is 3.14. The van der Waals surface area contributed by atoms with E-state index in [1.165, 1.54) is 12.1 Å². The van der Waals surface area contributed by atoms with Gasteiger partial charge in [-0.15, -0.1) is 0 Å². The fraction of sp³-hybridized carbons (Fsp3) is 0.308. The van der Waals surface area contributed by atoms with Gasteiger partial charge in [-0.05, 0) is 18.6 Å². The van der Waals surface area contributed by atoms with Crippen LogP contribution < -0.4 is 10.5 Å². The quantitative estimate of drug-likeness (QED) is 0.675. The van der Waals surface area contributed by atoms with E-state index in [-0.39, 0.29) is 24.6 Å². The molecule has 8 heteroatoms. The molecule has 7 nitrogen and oxygen atoms in total. The van der Waals surface area contributed by atoms with E-state index in [1.54, 1.807) is 24.7 Å². The van der Waals surface area contributed by atoms with Crippen LogP contribution in [0.15, 0.2) is 18.2 Å². The van der Waals surface area contributed by atoms with Crippen LogP contribution in [-0.4, -0.2) is 14.7 Å². The summed E-state index contributed by atoms with van der Waals surface area (Å²) in [6, 6.07) is 4.64. The van der Waals surface area contributed by atoms with Crippen LogP contribution in [0.3, 0.4) is 0 Å². The second kappa shape index (κ2) is 6.11. The molecule has 0 aliphatic heterocycles. The standard InChI is InChI=1S/C13H15ClN4O3/c1-8-13(14)11(17(2)16-8)7-21-12-4-3-9(6-15)5-10(12)18(19)20/h3-5H,6-7,15H2,1-2H3. The lowest BCUT2D eigenvalue weighted by Gasteiger charge is -2.08. The summed E-state index contributed by atoms with van der Waals surface area (Å²) in [6.45, 7) is 2.11. The summed E-state index contributed by atoms with van der Waals surface area (Å²) in [5.74, 6) is 0.173. The zero-order chi connectivity index (χ0) is 15.6. The van der Waals surface area contributed by atoms with Gasteiger partial charge in [0.05, 0.1) is 21.3 Å². The number of nitrogens with two attached hydrogens (primary N) is 1. The van der Waals surface area contributed by atoms with E-state index < -0.39 is 4.92 Å². The van der Waals surface area contributed by atoms with Gasteiger partial charge in [-0.3, -0.25) is 14.8 Å². The van der Waals surface area contributed by atoms with Gasteiger partial charge in [-0.25, -0.2) is 0 Å². The van der Waals surface area contributed by atoms with E-state index in [1.807, 2.05) is 0 Å². The average molecular weight is 311 g/mol. The first-order valence-electron chi connectivity index (χ1n) is 6.22. The third-order valence-corrected chi connectivity index (χ3v) is 3.57. The highest BCUT2D eigenvalue weighted by molar-refractivity contribution is 6.31. The molecule has 1 heterocycles. The van der Waals surface area contributed by atoms with Gasteiger partial charge in [0, 0.05) is 19.7 Å². The van der Waals surface area contributed by atoms with Gasteiger partial charge in [-0.1, -0.05) is 17.7 Å². The first kappa shape index (κ1) is 15.3. The number of rotatable bonds is 5. The van der Waals surface area contributed by atoms with Crippen molar-refractivity contribution in [2.24, 2.45) is 12.8 Å². The molecule has 0 amide bonds. The molecule has 1 aromatic carbocycles. The molecule has 1 aromatic heterocycles. The molecule has 112 valence electrons. The van der Waals surface area contributed by atoms with Crippen LogP contribution in [0.4, 0.5) is 5.69 Å². The first-order chi connectivity index (χ1) is 9.93. The van der Waals surface area contributed by atoms with Crippen molar-refractivity contribution in [1.29, 1.82) is 0 Å². The van der Waals surface area contributed by atoms with Crippen molar-refractivity contribution in [1.82, 2.24) is 9.78 Å². The highest BCUT2D eigenvalue weighted by Gasteiger charge is 2.18. The van der Waals surface area contributed by atoms with Gasteiger partial charge in [0.1, 0.15) is 6.61 Å². The molecular weight excluding hydrogens is 296 g/mol. The second-order valence-corrected chi connectivity index (χ2v) is 4.90. The van der Waals surface area contributed by atoms with Crippen molar-refractivity contribution in [3.63, 3.8) is 0 Å². The zero-order valence-corrected chi connectivity index (χ0v) is 12.4. The Morgan fingerprint density at radius 3 is 2.76 bits per heavy atom. The van der Waals surface area contributed by atoms with Gasteiger partial charge in [0.15, 0.2) is 5.75 Å². The number of benzene rings is 1. The maximum atomic E-state index is 11.1. The van der Waals surface area contributed by atoms with Crippen molar-refractivity contribution in [2.45, 2.75) is 20.1 Å². The van der Waals surface area contributed by atoms with Gasteiger partial charge in [-0.2, -0.15) is 5.10 Å². The van der Waals surface area contributed by atoms with Gasteiger partial charge < -0.3 is 10.5 Å². The smallest absolute Gasteiger partial charge is 0.311 e. The van der Waals surface area contributed by atoms with Crippen LogP contribution in [-0.2, 0) is 20.2 Å². The van der Waals surface area contributed by atoms with Crippen molar-refractivity contribution < 1.29 is 9.66 Å². The van der Waals surface area contributed by atoms with E-state index >= 15 is 0 Å². The Morgan fingerprint density at radius 1 is 1.52 bits per heavy atom. The van der Waals surface area contributed by atoms with Crippen LogP contribution >= 0.6 is 11.6 Å². The first-order valence-corrected chi connectivity index (χ1v) is 6.60. The Labute approximate surface area is 126 Å². The topological polar surface area (TPSA) is 96.2 Å². The van der Waals surface area contributed by atoms with E-state index in [9.17, 15) is 10.1 Å². The van der Waals surface area contributed by atoms with Crippen molar-refractivity contribution >= 4 is 17.3 Å². The Kier molecular flexibility index (Phi) is 4.44. The fourth-order valence-corrected chi connectivity index (χ4v) is 2.15. The second-order valence-electron chi connectivity index (χ2n) is 4.52. The van der Waals surface area contributed by atoms with Crippen LogP contribution in [0.1, 0.15) is 17.0 Å². The molecule has 0 fully saturated rings. The summed E-state index contributed by atoms with van der Waals surface area (Å²) in [6.07, 6.45) is 0. The van der Waals surface area contributed by atoms with Crippen molar-refractivity contribution in [3.05, 3.63) is 50.3 Å². The number of halogens is 1. The largest absolute Gasteiger partial charge is 0.480 e. The molecule has 0 aliphatic rings. The summed E-state index contributed by atoms with van der Waals surface area (Å²) >= 11 is 6.12. The average Bonchev–Trinajstić information content (AvgIpc) is 2.70. The lowest BCUT2D eigenvalue weighted by Crippen LogP contribution is -2.05. The monoisotopic (exact) mass is 310 g/mol. The van der Waals surface area contributed by atoms with Gasteiger partial charge >= 0.3 is 5.69 Å². The summed E-state index contributed by atoms with van der Waals surface area (Å²) in [5, 5.41) is 15.7. The SMILES string of the molecule is Cc1nn(C)c(COc2ccc(CN)cc2[N+](=O)[O-])c1Cl. The lowest BCUT2D eigenvalue weighted by atomic mass is 10.2. The molecule has 2 aromatic rings. The molecule has 0 saturated heterocycles. The number of ether oxygens (including phenoxy) is 1. The predicted molar refractivity (Wildman–Crippen MR) is 78.3 cm³/mol. The summed E-state index contributed by atoms with van der Waals surface area (Å²) < 4.78 is 7.13. The highest BCUT2D eigenvalue weighted by Crippen LogP contribution is 2.29. The summed E-state index contributed by atoms with van der Waals surface area (Å²) in [7, 11) is 1.74. The Balaban J connectivity index is 2.25. The molecule has 0 unspecified atom stereocenters. The number of aryl methyl sites for hydroxylation is 2. The van der Waals surface area contributed by atoms with E-state index in [4.69, 9.17) is 22.1 Å². The maximum Gasteiger partial charge on any atom is 0.311 e. The summed E-state index contributed by atoms with van der Waals surface area (Å²) in [4.78, 5) is 10.6. The van der Waals surface area contributed by atoms with Crippen molar-refractivity contribution in [3.8, 4) is 5.75 Å². The Morgan fingerprint density at radius 2 is 2.24 bits per heavy atom. The molecule has 2 rings (SSSR count). The number of aromatic nitrogens is 2. The minimum absolute atomic E-state index is 0.0962. The molecular formula is C13H15ClN4O3. The Bertz CT molecular complexity index is 684. The predicted octanol–water partition coefficient (Wildman–Crippen LogP) is 2.33.